The number of aryl methyl sites for hydroxylation is 1. The molecule has 0 aliphatic heterocycles. The van der Waals surface area contributed by atoms with Gasteiger partial charge in [-0.05, 0) is 25.1 Å². The van der Waals surface area contributed by atoms with E-state index in [0.717, 1.165) is 5.82 Å². The maximum atomic E-state index is 12.0. The first-order valence-corrected chi connectivity index (χ1v) is 5.81. The molecule has 0 aliphatic rings. The van der Waals surface area contributed by atoms with Crippen molar-refractivity contribution in [3.8, 4) is 0 Å². The first kappa shape index (κ1) is 12.1. The summed E-state index contributed by atoms with van der Waals surface area (Å²) < 4.78 is 0. The highest BCUT2D eigenvalue weighted by Crippen LogP contribution is 2.22. The van der Waals surface area contributed by atoms with Gasteiger partial charge >= 0.3 is 0 Å². The van der Waals surface area contributed by atoms with Crippen molar-refractivity contribution in [3.05, 3.63) is 51.5 Å². The number of aromatic nitrogens is 2. The molecular weight excluding hydrogens is 259 g/mol. The lowest BCUT2D eigenvalue weighted by atomic mass is 10.1. The van der Waals surface area contributed by atoms with Gasteiger partial charge in [0.15, 0.2) is 5.78 Å². The molecule has 0 unspecified atom stereocenters. The highest BCUT2D eigenvalue weighted by molar-refractivity contribution is 6.36. The third kappa shape index (κ3) is 2.87. The number of benzene rings is 1. The number of halogens is 2. The minimum Gasteiger partial charge on any atom is -0.349 e. The fourth-order valence-electron chi connectivity index (χ4n) is 1.53. The Kier molecular flexibility index (Phi) is 3.50. The summed E-state index contributed by atoms with van der Waals surface area (Å²) >= 11 is 11.7. The van der Waals surface area contributed by atoms with Crippen molar-refractivity contribution in [1.82, 2.24) is 9.97 Å². The third-order valence-electron chi connectivity index (χ3n) is 2.33. The van der Waals surface area contributed by atoms with Gasteiger partial charge in [-0.3, -0.25) is 4.79 Å². The van der Waals surface area contributed by atoms with E-state index in [0.29, 0.717) is 21.3 Å². The molecule has 0 atom stereocenters. The van der Waals surface area contributed by atoms with Crippen molar-refractivity contribution < 1.29 is 4.79 Å². The molecule has 0 saturated carbocycles. The molecule has 2 rings (SSSR count). The van der Waals surface area contributed by atoms with Gasteiger partial charge in [-0.1, -0.05) is 23.2 Å². The van der Waals surface area contributed by atoms with E-state index < -0.39 is 0 Å². The van der Waals surface area contributed by atoms with E-state index in [2.05, 4.69) is 9.97 Å². The van der Waals surface area contributed by atoms with Crippen LogP contribution in [0.15, 0.2) is 24.4 Å². The van der Waals surface area contributed by atoms with Gasteiger partial charge in [0.05, 0.1) is 17.1 Å². The summed E-state index contributed by atoms with van der Waals surface area (Å²) in [6, 6.07) is 4.84. The average Bonchev–Trinajstić information content (AvgIpc) is 2.63. The van der Waals surface area contributed by atoms with Crippen LogP contribution in [-0.2, 0) is 6.42 Å². The Hall–Kier alpha value is -1.32. The minimum absolute atomic E-state index is 0.0711. The summed E-state index contributed by atoms with van der Waals surface area (Å²) in [7, 11) is 0. The predicted octanol–water partition coefficient (Wildman–Crippen LogP) is 3.45. The predicted molar refractivity (Wildman–Crippen MR) is 67.8 cm³/mol. The summed E-state index contributed by atoms with van der Waals surface area (Å²) in [6.07, 6.45) is 1.95. The Morgan fingerprint density at radius 3 is 2.76 bits per heavy atom. The van der Waals surface area contributed by atoms with Gasteiger partial charge in [0.1, 0.15) is 5.82 Å². The molecule has 0 saturated heterocycles. The lowest BCUT2D eigenvalue weighted by Crippen LogP contribution is -2.04. The smallest absolute Gasteiger partial charge is 0.170 e. The molecule has 0 aliphatic carbocycles. The molecule has 2 aromatic rings. The van der Waals surface area contributed by atoms with Crippen LogP contribution in [0.25, 0.3) is 0 Å². The van der Waals surface area contributed by atoms with Crippen LogP contribution in [0, 0.1) is 6.92 Å². The summed E-state index contributed by atoms with van der Waals surface area (Å²) in [5, 5.41) is 0.886. The topological polar surface area (TPSA) is 45.8 Å². The maximum Gasteiger partial charge on any atom is 0.170 e. The highest BCUT2D eigenvalue weighted by atomic mass is 35.5. The minimum atomic E-state index is -0.0711. The molecule has 1 N–H and O–H groups in total. The average molecular weight is 269 g/mol. The largest absolute Gasteiger partial charge is 0.349 e. The number of ketones is 1. The van der Waals surface area contributed by atoms with Crippen LogP contribution < -0.4 is 0 Å². The van der Waals surface area contributed by atoms with Gasteiger partial charge in [0, 0.05) is 16.8 Å². The van der Waals surface area contributed by atoms with E-state index in [1.807, 2.05) is 6.92 Å². The van der Waals surface area contributed by atoms with E-state index in [1.165, 1.54) is 0 Å². The monoisotopic (exact) mass is 268 g/mol. The van der Waals surface area contributed by atoms with Gasteiger partial charge in [-0.25, -0.2) is 4.98 Å². The summed E-state index contributed by atoms with van der Waals surface area (Å²) in [6.45, 7) is 1.84. The van der Waals surface area contributed by atoms with Crippen LogP contribution in [0.2, 0.25) is 10.0 Å². The number of hydrogen-bond donors (Lipinski definition) is 1. The Bertz CT molecular complexity index is 563. The molecule has 0 amide bonds. The molecular formula is C12H10Cl2N2O. The zero-order valence-electron chi connectivity index (χ0n) is 9.13. The van der Waals surface area contributed by atoms with E-state index in [9.17, 15) is 4.79 Å². The molecule has 88 valence electrons. The van der Waals surface area contributed by atoms with E-state index in [1.54, 1.807) is 24.4 Å². The molecule has 17 heavy (non-hydrogen) atoms. The summed E-state index contributed by atoms with van der Waals surface area (Å²) in [5.74, 6) is 0.716. The molecule has 0 spiro atoms. The maximum absolute atomic E-state index is 12.0. The lowest BCUT2D eigenvalue weighted by molar-refractivity contribution is 0.0992. The SMILES string of the molecule is Cc1nc(CC(=O)c2ccc(Cl)cc2Cl)c[nH]1. The normalized spacial score (nSPS) is 10.5. The molecule has 3 nitrogen and oxygen atoms in total. The fraction of sp³-hybridized carbons (Fsp3) is 0.167. The quantitative estimate of drug-likeness (QED) is 0.867. The first-order chi connectivity index (χ1) is 8.06. The van der Waals surface area contributed by atoms with Crippen LogP contribution in [0.3, 0.4) is 0 Å². The standard InChI is InChI=1S/C12H10Cl2N2O/c1-7-15-6-9(16-7)5-12(17)10-3-2-8(13)4-11(10)14/h2-4,6H,5H2,1H3,(H,15,16). The second-order valence-corrected chi connectivity index (χ2v) is 4.54. The summed E-state index contributed by atoms with van der Waals surface area (Å²) in [5.41, 5.74) is 1.18. The van der Waals surface area contributed by atoms with Gasteiger partial charge in [0.25, 0.3) is 0 Å². The number of hydrogen-bond acceptors (Lipinski definition) is 2. The van der Waals surface area contributed by atoms with Gasteiger partial charge in [0.2, 0.25) is 0 Å². The van der Waals surface area contributed by atoms with Crippen LogP contribution in [0.1, 0.15) is 21.9 Å². The van der Waals surface area contributed by atoms with Crippen LogP contribution >= 0.6 is 23.2 Å². The number of nitrogens with one attached hydrogen (secondary N) is 1. The second-order valence-electron chi connectivity index (χ2n) is 3.70. The Balaban J connectivity index is 2.20. The second kappa shape index (κ2) is 4.90. The fourth-order valence-corrected chi connectivity index (χ4v) is 2.05. The number of Topliss-reactive ketones (excluding diaryl/α,β-unsaturated/α-hetero) is 1. The number of carbonyl (C=O) groups is 1. The number of rotatable bonds is 3. The van der Waals surface area contributed by atoms with Crippen molar-refractivity contribution in [1.29, 1.82) is 0 Å². The molecule has 1 aromatic heterocycles. The number of imidazole rings is 1. The van der Waals surface area contributed by atoms with Crippen LogP contribution in [0.5, 0.6) is 0 Å². The van der Waals surface area contributed by atoms with Crippen molar-refractivity contribution in [3.63, 3.8) is 0 Å². The van der Waals surface area contributed by atoms with E-state index >= 15 is 0 Å². The van der Waals surface area contributed by atoms with Crippen molar-refractivity contribution >= 4 is 29.0 Å². The first-order valence-electron chi connectivity index (χ1n) is 5.05. The lowest BCUT2D eigenvalue weighted by Gasteiger charge is -2.02. The third-order valence-corrected chi connectivity index (χ3v) is 2.88. The number of H-pyrrole nitrogens is 1. The highest BCUT2D eigenvalue weighted by Gasteiger charge is 2.12. The molecule has 0 fully saturated rings. The Morgan fingerprint density at radius 1 is 1.41 bits per heavy atom. The zero-order valence-corrected chi connectivity index (χ0v) is 10.6. The van der Waals surface area contributed by atoms with Crippen molar-refractivity contribution in [2.45, 2.75) is 13.3 Å². The van der Waals surface area contributed by atoms with Crippen LogP contribution in [0.4, 0.5) is 0 Å². The molecule has 1 heterocycles. The molecule has 1 aromatic carbocycles. The van der Waals surface area contributed by atoms with Gasteiger partial charge in [-0.15, -0.1) is 0 Å². The zero-order chi connectivity index (χ0) is 12.4. The molecule has 0 radical (unpaired) electrons. The van der Waals surface area contributed by atoms with E-state index in [-0.39, 0.29) is 12.2 Å². The van der Waals surface area contributed by atoms with E-state index in [4.69, 9.17) is 23.2 Å². The molecule has 5 heteroatoms. The van der Waals surface area contributed by atoms with Crippen LogP contribution in [-0.4, -0.2) is 15.8 Å². The molecule has 0 bridgehead atoms. The number of nitrogens with zero attached hydrogens (tertiary/aromatic N) is 1. The van der Waals surface area contributed by atoms with Crippen molar-refractivity contribution in [2.24, 2.45) is 0 Å². The van der Waals surface area contributed by atoms with Gasteiger partial charge in [-0.2, -0.15) is 0 Å². The van der Waals surface area contributed by atoms with Gasteiger partial charge < -0.3 is 4.98 Å². The van der Waals surface area contributed by atoms with Crippen molar-refractivity contribution in [2.75, 3.05) is 0 Å². The number of carbonyl (C=O) groups excluding carboxylic acids is 1. The Labute approximate surface area is 109 Å². The Morgan fingerprint density at radius 2 is 2.18 bits per heavy atom. The number of aromatic amines is 1. The summed E-state index contributed by atoms with van der Waals surface area (Å²) in [4.78, 5) is 19.1.